The van der Waals surface area contributed by atoms with Gasteiger partial charge in [0.05, 0.1) is 5.56 Å². The van der Waals surface area contributed by atoms with Crippen LogP contribution in [0.5, 0.6) is 0 Å². The van der Waals surface area contributed by atoms with Crippen LogP contribution in [0, 0.1) is 17.6 Å². The first-order valence-electron chi connectivity index (χ1n) is 9.27. The van der Waals surface area contributed by atoms with Crippen LogP contribution in [0.15, 0.2) is 53.6 Å². The summed E-state index contributed by atoms with van der Waals surface area (Å²) in [5, 5.41) is 2.71. The zero-order valence-electron chi connectivity index (χ0n) is 16.4. The molecule has 3 nitrogen and oxygen atoms in total. The predicted molar refractivity (Wildman–Crippen MR) is 106 cm³/mol. The van der Waals surface area contributed by atoms with E-state index in [9.17, 15) is 13.6 Å². The Balaban J connectivity index is 1.82. The Bertz CT molecular complexity index is 758. The zero-order chi connectivity index (χ0) is 20.0. The average Bonchev–Trinajstić information content (AvgIpc) is 2.58. The van der Waals surface area contributed by atoms with E-state index in [4.69, 9.17) is 0 Å². The monoisotopic (exact) mass is 374 g/mol. The van der Waals surface area contributed by atoms with Gasteiger partial charge in [-0.15, -0.1) is 0 Å². The van der Waals surface area contributed by atoms with E-state index < -0.39 is 17.5 Å². The van der Waals surface area contributed by atoms with E-state index >= 15 is 0 Å². The molecule has 0 aromatic heterocycles. The molecule has 27 heavy (non-hydrogen) atoms. The summed E-state index contributed by atoms with van der Waals surface area (Å²) < 4.78 is 26.8. The van der Waals surface area contributed by atoms with Gasteiger partial charge in [0.15, 0.2) is 0 Å². The molecule has 0 spiro atoms. The van der Waals surface area contributed by atoms with Crippen LogP contribution in [0.2, 0.25) is 0 Å². The Morgan fingerprint density at radius 1 is 1.33 bits per heavy atom. The largest absolute Gasteiger partial charge is 0.352 e. The molecule has 1 N–H and O–H groups in total. The van der Waals surface area contributed by atoms with Gasteiger partial charge in [-0.05, 0) is 51.5 Å². The molecule has 146 valence electrons. The molecule has 0 saturated carbocycles. The van der Waals surface area contributed by atoms with E-state index in [0.29, 0.717) is 18.5 Å². The van der Waals surface area contributed by atoms with Crippen molar-refractivity contribution in [3.63, 3.8) is 0 Å². The molecule has 1 heterocycles. The first-order valence-corrected chi connectivity index (χ1v) is 9.27. The lowest BCUT2D eigenvalue weighted by molar-refractivity contribution is 0.0699. The Kier molecular flexibility index (Phi) is 7.48. The van der Waals surface area contributed by atoms with Crippen LogP contribution in [-0.4, -0.2) is 36.5 Å². The minimum absolute atomic E-state index is 0.250. The topological polar surface area (TPSA) is 32.3 Å². The fourth-order valence-electron chi connectivity index (χ4n) is 3.10. The summed E-state index contributed by atoms with van der Waals surface area (Å²) in [5.41, 5.74) is 2.25. The van der Waals surface area contributed by atoms with Crippen LogP contribution in [0.1, 0.15) is 38.1 Å². The minimum Gasteiger partial charge on any atom is -0.352 e. The van der Waals surface area contributed by atoms with Crippen LogP contribution in [0.4, 0.5) is 8.78 Å². The molecule has 1 aromatic carbocycles. The van der Waals surface area contributed by atoms with Gasteiger partial charge >= 0.3 is 0 Å². The summed E-state index contributed by atoms with van der Waals surface area (Å²) in [5.74, 6) is -1.59. The number of rotatable bonds is 7. The number of carbonyl (C=O) groups is 1. The second-order valence-corrected chi connectivity index (χ2v) is 7.22. The van der Waals surface area contributed by atoms with E-state index in [0.717, 1.165) is 31.3 Å². The van der Waals surface area contributed by atoms with Crippen molar-refractivity contribution in [2.75, 3.05) is 19.6 Å². The zero-order valence-corrected chi connectivity index (χ0v) is 16.4. The highest BCUT2D eigenvalue weighted by atomic mass is 19.1. The van der Waals surface area contributed by atoms with Crippen LogP contribution < -0.4 is 5.32 Å². The molecule has 0 bridgehead atoms. The van der Waals surface area contributed by atoms with Crippen LogP contribution >= 0.6 is 0 Å². The van der Waals surface area contributed by atoms with E-state index in [2.05, 4.69) is 55.3 Å². The molecule has 2 rings (SSSR count). The molecule has 0 aliphatic carbocycles. The molecule has 1 aliphatic rings. The van der Waals surface area contributed by atoms with Crippen molar-refractivity contribution in [3.8, 4) is 0 Å². The van der Waals surface area contributed by atoms with Crippen molar-refractivity contribution >= 4 is 5.91 Å². The maximum absolute atomic E-state index is 13.6. The average molecular weight is 374 g/mol. The van der Waals surface area contributed by atoms with Crippen LogP contribution in [0.3, 0.4) is 0 Å². The molecule has 1 saturated heterocycles. The smallest absolute Gasteiger partial charge is 0.254 e. The SMILES string of the molecule is C/C=C(/C=C\C=C(C)C)C(C)N1CC(CNC(=O)c2cc(F)ccc2F)C1. The molecule has 1 aliphatic heterocycles. The molecule has 1 aromatic rings. The lowest BCUT2D eigenvalue weighted by Gasteiger charge is -2.43. The molecule has 1 unspecified atom stereocenters. The molecule has 5 heteroatoms. The molecule has 0 radical (unpaired) electrons. The highest BCUT2D eigenvalue weighted by molar-refractivity contribution is 5.94. The van der Waals surface area contributed by atoms with Gasteiger partial charge in [0.2, 0.25) is 0 Å². The second-order valence-electron chi connectivity index (χ2n) is 7.22. The van der Waals surface area contributed by atoms with E-state index in [1.807, 2.05) is 6.92 Å². The molecule has 1 atom stereocenters. The number of hydrogen-bond acceptors (Lipinski definition) is 2. The maximum Gasteiger partial charge on any atom is 0.254 e. The highest BCUT2D eigenvalue weighted by Crippen LogP contribution is 2.23. The Labute approximate surface area is 160 Å². The normalized spacial score (nSPS) is 16.9. The first-order chi connectivity index (χ1) is 12.8. The van der Waals surface area contributed by atoms with Gasteiger partial charge in [0.1, 0.15) is 11.6 Å². The van der Waals surface area contributed by atoms with Gasteiger partial charge in [0, 0.05) is 31.6 Å². The van der Waals surface area contributed by atoms with E-state index in [1.165, 1.54) is 11.1 Å². The van der Waals surface area contributed by atoms with Crippen molar-refractivity contribution in [2.24, 2.45) is 5.92 Å². The van der Waals surface area contributed by atoms with E-state index in [-0.39, 0.29) is 5.56 Å². The summed E-state index contributed by atoms with van der Waals surface area (Å²) in [6.07, 6.45) is 8.38. The van der Waals surface area contributed by atoms with Crippen molar-refractivity contribution < 1.29 is 13.6 Å². The third-order valence-electron chi connectivity index (χ3n) is 4.79. The molecule has 1 fully saturated rings. The summed E-state index contributed by atoms with van der Waals surface area (Å²) in [7, 11) is 0. The number of likely N-dealkylation sites (tertiary alicyclic amines) is 1. The molecular formula is C22H28F2N2O. The standard InChI is InChI=1S/C22H28F2N2O/c1-5-18(8-6-7-15(2)3)16(4)26-13-17(14-26)12-25-22(27)20-11-19(23)9-10-21(20)24/h5-11,16-17H,12-14H2,1-4H3,(H,25,27)/b8-6-,18-5-. The van der Waals surface area contributed by atoms with Crippen molar-refractivity contribution in [2.45, 2.75) is 33.7 Å². The van der Waals surface area contributed by atoms with E-state index in [1.54, 1.807) is 0 Å². The molecular weight excluding hydrogens is 346 g/mol. The Hall–Kier alpha value is -2.27. The van der Waals surface area contributed by atoms with Crippen LogP contribution in [-0.2, 0) is 0 Å². The molecule has 1 amide bonds. The number of nitrogens with zero attached hydrogens (tertiary/aromatic N) is 1. The third-order valence-corrected chi connectivity index (χ3v) is 4.79. The van der Waals surface area contributed by atoms with Gasteiger partial charge in [-0.1, -0.05) is 29.9 Å². The number of allylic oxidation sites excluding steroid dienone is 4. The predicted octanol–water partition coefficient (Wildman–Crippen LogP) is 4.48. The van der Waals surface area contributed by atoms with Crippen molar-refractivity contribution in [1.29, 1.82) is 0 Å². The van der Waals surface area contributed by atoms with Gasteiger partial charge in [-0.25, -0.2) is 8.78 Å². The summed E-state index contributed by atoms with van der Waals surface area (Å²) in [6.45, 7) is 10.5. The van der Waals surface area contributed by atoms with Crippen molar-refractivity contribution in [1.82, 2.24) is 10.2 Å². The lowest BCUT2D eigenvalue weighted by atomic mass is 9.94. The fraction of sp³-hybridized carbons (Fsp3) is 0.409. The van der Waals surface area contributed by atoms with Crippen molar-refractivity contribution in [3.05, 3.63) is 70.8 Å². The number of benzene rings is 1. The maximum atomic E-state index is 13.6. The lowest BCUT2D eigenvalue weighted by Crippen LogP contribution is -2.55. The van der Waals surface area contributed by atoms with Crippen LogP contribution in [0.25, 0.3) is 0 Å². The fourth-order valence-corrected chi connectivity index (χ4v) is 3.10. The van der Waals surface area contributed by atoms with Gasteiger partial charge in [-0.2, -0.15) is 0 Å². The summed E-state index contributed by atoms with van der Waals surface area (Å²) >= 11 is 0. The summed E-state index contributed by atoms with van der Waals surface area (Å²) in [4.78, 5) is 14.4. The van der Waals surface area contributed by atoms with Gasteiger partial charge < -0.3 is 5.32 Å². The number of hydrogen-bond donors (Lipinski definition) is 1. The van der Waals surface area contributed by atoms with Gasteiger partial charge in [0.25, 0.3) is 5.91 Å². The van der Waals surface area contributed by atoms with Gasteiger partial charge in [-0.3, -0.25) is 9.69 Å². The highest BCUT2D eigenvalue weighted by Gasteiger charge is 2.31. The number of nitrogens with one attached hydrogen (secondary N) is 1. The minimum atomic E-state index is -0.710. The Morgan fingerprint density at radius 3 is 2.67 bits per heavy atom. The second kappa shape index (κ2) is 9.60. The number of amides is 1. The Morgan fingerprint density at radius 2 is 2.04 bits per heavy atom. The first kappa shape index (κ1) is 21.0. The number of halogens is 2. The summed E-state index contributed by atoms with van der Waals surface area (Å²) in [6, 6.07) is 3.20. The third kappa shape index (κ3) is 5.86. The number of carbonyl (C=O) groups excluding carboxylic acids is 1. The quantitative estimate of drug-likeness (QED) is 0.714.